The molecule has 6 nitrogen and oxygen atoms in total. The van der Waals surface area contributed by atoms with Gasteiger partial charge < -0.3 is 5.32 Å². The smallest absolute Gasteiger partial charge is 0.227 e. The zero-order chi connectivity index (χ0) is 16.3. The third kappa shape index (κ3) is 3.38. The van der Waals surface area contributed by atoms with Gasteiger partial charge in [-0.25, -0.2) is 8.78 Å². The Labute approximate surface area is 130 Å². The third-order valence-electron chi connectivity index (χ3n) is 3.04. The zero-order valence-electron chi connectivity index (χ0n) is 12.0. The van der Waals surface area contributed by atoms with E-state index in [9.17, 15) is 13.6 Å². The summed E-state index contributed by atoms with van der Waals surface area (Å²) in [6.07, 6.45) is 0. The highest BCUT2D eigenvalue weighted by Gasteiger charge is 2.26. The summed E-state index contributed by atoms with van der Waals surface area (Å²) < 4.78 is 27.5. The van der Waals surface area contributed by atoms with E-state index in [1.54, 1.807) is 13.8 Å². The van der Waals surface area contributed by atoms with Crippen LogP contribution in [0.25, 0.3) is 5.69 Å². The van der Waals surface area contributed by atoms with Crippen LogP contribution >= 0.6 is 11.6 Å². The molecule has 1 heterocycles. The zero-order valence-corrected chi connectivity index (χ0v) is 12.7. The van der Waals surface area contributed by atoms with Crippen molar-refractivity contribution in [2.75, 3.05) is 5.88 Å². The van der Waals surface area contributed by atoms with Gasteiger partial charge >= 0.3 is 0 Å². The molecule has 118 valence electrons. The Balaban J connectivity index is 2.16. The monoisotopic (exact) mass is 329 g/mol. The number of nitrogens with one attached hydrogen (secondary N) is 1. The van der Waals surface area contributed by atoms with Crippen LogP contribution in [0.15, 0.2) is 18.2 Å². The fourth-order valence-electron chi connectivity index (χ4n) is 1.59. The van der Waals surface area contributed by atoms with Crippen molar-refractivity contribution in [2.24, 2.45) is 5.41 Å². The van der Waals surface area contributed by atoms with Gasteiger partial charge in [-0.05, 0) is 36.4 Å². The number of benzene rings is 1. The number of halogens is 3. The molecule has 0 radical (unpaired) electrons. The van der Waals surface area contributed by atoms with Crippen LogP contribution in [0.5, 0.6) is 0 Å². The molecule has 1 aromatic carbocycles. The molecule has 0 saturated heterocycles. The van der Waals surface area contributed by atoms with Crippen molar-refractivity contribution in [3.05, 3.63) is 35.7 Å². The topological polar surface area (TPSA) is 72.7 Å². The first-order valence-electron chi connectivity index (χ1n) is 6.42. The van der Waals surface area contributed by atoms with Crippen LogP contribution in [0.3, 0.4) is 0 Å². The summed E-state index contributed by atoms with van der Waals surface area (Å²) in [5, 5.41) is 13.6. The Hall–Kier alpha value is -2.09. The molecule has 0 aliphatic heterocycles. The second kappa shape index (κ2) is 6.35. The Bertz CT molecular complexity index is 689. The van der Waals surface area contributed by atoms with E-state index in [0.717, 1.165) is 12.1 Å². The molecule has 0 saturated carbocycles. The molecule has 0 aliphatic rings. The average molecular weight is 330 g/mol. The first-order valence-corrected chi connectivity index (χ1v) is 6.95. The lowest BCUT2D eigenvalue weighted by Crippen LogP contribution is -2.38. The number of tetrazole rings is 1. The molecule has 0 atom stereocenters. The van der Waals surface area contributed by atoms with Crippen LogP contribution in [0.1, 0.15) is 19.7 Å². The van der Waals surface area contributed by atoms with E-state index in [-0.39, 0.29) is 29.8 Å². The number of hydrogen-bond acceptors (Lipinski definition) is 4. The molecule has 1 aromatic heterocycles. The SMILES string of the molecule is CC(C)(CCl)C(=O)NCc1nnnn1-c1ccc(F)c(F)c1. The van der Waals surface area contributed by atoms with Crippen LogP contribution in [0.2, 0.25) is 0 Å². The second-order valence-corrected chi connectivity index (χ2v) is 5.57. The van der Waals surface area contributed by atoms with Gasteiger partial charge in [0.1, 0.15) is 0 Å². The largest absolute Gasteiger partial charge is 0.348 e. The van der Waals surface area contributed by atoms with Crippen molar-refractivity contribution in [2.45, 2.75) is 20.4 Å². The minimum absolute atomic E-state index is 0.0329. The highest BCUT2D eigenvalue weighted by Crippen LogP contribution is 2.17. The number of carbonyl (C=O) groups excluding carboxylic acids is 1. The molecule has 0 spiro atoms. The fourth-order valence-corrected chi connectivity index (χ4v) is 1.71. The van der Waals surface area contributed by atoms with E-state index in [0.29, 0.717) is 0 Å². The van der Waals surface area contributed by atoms with Gasteiger partial charge in [-0.2, -0.15) is 4.68 Å². The van der Waals surface area contributed by atoms with Gasteiger partial charge in [-0.15, -0.1) is 16.7 Å². The van der Waals surface area contributed by atoms with E-state index in [4.69, 9.17) is 11.6 Å². The summed E-state index contributed by atoms with van der Waals surface area (Å²) in [6, 6.07) is 3.29. The predicted octanol–water partition coefficient (Wildman–Crippen LogP) is 1.82. The predicted molar refractivity (Wildman–Crippen MR) is 75.4 cm³/mol. The highest BCUT2D eigenvalue weighted by molar-refractivity contribution is 6.19. The lowest BCUT2D eigenvalue weighted by Gasteiger charge is -2.20. The Morgan fingerprint density at radius 2 is 2.09 bits per heavy atom. The van der Waals surface area contributed by atoms with E-state index in [2.05, 4.69) is 20.8 Å². The molecule has 2 aromatic rings. The standard InChI is InChI=1S/C13H14ClF2N5O/c1-13(2,7-14)12(22)17-6-11-18-19-20-21(11)8-3-4-9(15)10(16)5-8/h3-5H,6-7H2,1-2H3,(H,17,22). The molecule has 22 heavy (non-hydrogen) atoms. The van der Waals surface area contributed by atoms with E-state index >= 15 is 0 Å². The van der Waals surface area contributed by atoms with Gasteiger partial charge in [0.2, 0.25) is 5.91 Å². The van der Waals surface area contributed by atoms with Crippen molar-refractivity contribution < 1.29 is 13.6 Å². The van der Waals surface area contributed by atoms with Crippen LogP contribution in [-0.2, 0) is 11.3 Å². The Kier molecular flexibility index (Phi) is 4.70. The number of amides is 1. The molecule has 0 fully saturated rings. The molecule has 0 unspecified atom stereocenters. The molecule has 1 N–H and O–H groups in total. The van der Waals surface area contributed by atoms with Gasteiger partial charge in [0, 0.05) is 11.9 Å². The summed E-state index contributed by atoms with van der Waals surface area (Å²) in [5.41, 5.74) is -0.480. The maximum atomic E-state index is 13.3. The lowest BCUT2D eigenvalue weighted by atomic mass is 9.95. The summed E-state index contributed by atoms with van der Waals surface area (Å²) in [6.45, 7) is 3.44. The number of nitrogens with zero attached hydrogens (tertiary/aromatic N) is 4. The maximum absolute atomic E-state index is 13.3. The van der Waals surface area contributed by atoms with Crippen molar-refractivity contribution >= 4 is 17.5 Å². The number of rotatable bonds is 5. The number of hydrogen-bond donors (Lipinski definition) is 1. The first kappa shape index (κ1) is 16.3. The summed E-state index contributed by atoms with van der Waals surface area (Å²) in [4.78, 5) is 12.0. The molecular formula is C13H14ClF2N5O. The van der Waals surface area contributed by atoms with Crippen molar-refractivity contribution in [1.29, 1.82) is 0 Å². The number of alkyl halides is 1. The van der Waals surface area contributed by atoms with E-state index in [1.165, 1.54) is 10.7 Å². The Morgan fingerprint density at radius 1 is 1.36 bits per heavy atom. The quantitative estimate of drug-likeness (QED) is 0.849. The minimum atomic E-state index is -1.01. The number of carbonyl (C=O) groups is 1. The molecule has 0 aliphatic carbocycles. The van der Waals surface area contributed by atoms with Gasteiger partial charge in [0.25, 0.3) is 0 Å². The minimum Gasteiger partial charge on any atom is -0.348 e. The highest BCUT2D eigenvalue weighted by atomic mass is 35.5. The van der Waals surface area contributed by atoms with Gasteiger partial charge in [0.15, 0.2) is 17.5 Å². The van der Waals surface area contributed by atoms with Crippen LogP contribution in [0.4, 0.5) is 8.78 Å². The summed E-state index contributed by atoms with van der Waals surface area (Å²) in [7, 11) is 0. The van der Waals surface area contributed by atoms with Crippen LogP contribution in [0, 0.1) is 17.0 Å². The summed E-state index contributed by atoms with van der Waals surface area (Å²) in [5.74, 6) is -1.79. The average Bonchev–Trinajstić information content (AvgIpc) is 2.96. The summed E-state index contributed by atoms with van der Waals surface area (Å²) >= 11 is 5.72. The molecule has 9 heteroatoms. The van der Waals surface area contributed by atoms with Crippen LogP contribution in [-0.4, -0.2) is 32.0 Å². The number of aromatic nitrogens is 4. The van der Waals surface area contributed by atoms with E-state index in [1.807, 2.05) is 0 Å². The molecular weight excluding hydrogens is 316 g/mol. The molecule has 2 rings (SSSR count). The maximum Gasteiger partial charge on any atom is 0.227 e. The lowest BCUT2D eigenvalue weighted by molar-refractivity contribution is -0.128. The second-order valence-electron chi connectivity index (χ2n) is 5.31. The third-order valence-corrected chi connectivity index (χ3v) is 3.71. The van der Waals surface area contributed by atoms with Crippen molar-refractivity contribution in [3.63, 3.8) is 0 Å². The Morgan fingerprint density at radius 3 is 2.73 bits per heavy atom. The van der Waals surface area contributed by atoms with Crippen molar-refractivity contribution in [3.8, 4) is 5.69 Å². The van der Waals surface area contributed by atoms with Gasteiger partial charge in [-0.3, -0.25) is 4.79 Å². The van der Waals surface area contributed by atoms with Gasteiger partial charge in [0.05, 0.1) is 17.6 Å². The normalized spacial score (nSPS) is 11.5. The van der Waals surface area contributed by atoms with E-state index < -0.39 is 17.0 Å². The van der Waals surface area contributed by atoms with Gasteiger partial charge in [-0.1, -0.05) is 0 Å². The van der Waals surface area contributed by atoms with Crippen molar-refractivity contribution in [1.82, 2.24) is 25.5 Å². The van der Waals surface area contributed by atoms with Crippen LogP contribution < -0.4 is 5.32 Å². The molecule has 1 amide bonds. The first-order chi connectivity index (χ1) is 10.3. The molecule has 0 bridgehead atoms. The fraction of sp³-hybridized carbons (Fsp3) is 0.385.